The van der Waals surface area contributed by atoms with E-state index < -0.39 is 0 Å². The van der Waals surface area contributed by atoms with Gasteiger partial charge in [0.05, 0.1) is 5.69 Å². The Morgan fingerprint density at radius 3 is 3.00 bits per heavy atom. The SMILES string of the molecule is CC(C)Cn1nnnc1SCc1csc(-c2ccsc2)n1. The van der Waals surface area contributed by atoms with Crippen molar-refractivity contribution in [2.75, 3.05) is 0 Å². The van der Waals surface area contributed by atoms with Gasteiger partial charge in [-0.05, 0) is 27.8 Å². The Balaban J connectivity index is 1.64. The highest BCUT2D eigenvalue weighted by Crippen LogP contribution is 2.28. The summed E-state index contributed by atoms with van der Waals surface area (Å²) in [6.07, 6.45) is 0. The number of thioether (sulfide) groups is 1. The fourth-order valence-corrected chi connectivity index (χ4v) is 4.21. The highest BCUT2D eigenvalue weighted by Gasteiger charge is 2.10. The molecule has 8 heteroatoms. The van der Waals surface area contributed by atoms with Gasteiger partial charge in [0.15, 0.2) is 0 Å². The van der Waals surface area contributed by atoms with E-state index in [9.17, 15) is 0 Å². The van der Waals surface area contributed by atoms with Crippen molar-refractivity contribution in [2.24, 2.45) is 5.92 Å². The molecule has 0 saturated heterocycles. The van der Waals surface area contributed by atoms with Crippen molar-refractivity contribution in [3.63, 3.8) is 0 Å². The van der Waals surface area contributed by atoms with Crippen molar-refractivity contribution in [1.82, 2.24) is 25.2 Å². The molecule has 0 saturated carbocycles. The summed E-state index contributed by atoms with van der Waals surface area (Å²) >= 11 is 5.01. The lowest BCUT2D eigenvalue weighted by molar-refractivity contribution is 0.446. The first-order valence-electron chi connectivity index (χ1n) is 6.58. The Morgan fingerprint density at radius 2 is 2.24 bits per heavy atom. The number of hydrogen-bond acceptors (Lipinski definition) is 7. The maximum atomic E-state index is 4.67. The van der Waals surface area contributed by atoms with E-state index >= 15 is 0 Å². The molecule has 3 rings (SSSR count). The average Bonchev–Trinajstić information content (AvgIpc) is 3.17. The van der Waals surface area contributed by atoms with Crippen LogP contribution < -0.4 is 0 Å². The molecule has 21 heavy (non-hydrogen) atoms. The van der Waals surface area contributed by atoms with Crippen LogP contribution in [-0.4, -0.2) is 25.2 Å². The van der Waals surface area contributed by atoms with Crippen LogP contribution in [-0.2, 0) is 12.3 Å². The molecule has 0 bridgehead atoms. The van der Waals surface area contributed by atoms with Crippen LogP contribution >= 0.6 is 34.4 Å². The van der Waals surface area contributed by atoms with Gasteiger partial charge in [-0.25, -0.2) is 9.67 Å². The molecule has 0 unspecified atom stereocenters. The molecule has 110 valence electrons. The summed E-state index contributed by atoms with van der Waals surface area (Å²) in [5.41, 5.74) is 2.27. The highest BCUT2D eigenvalue weighted by atomic mass is 32.2. The van der Waals surface area contributed by atoms with Gasteiger partial charge in [0.2, 0.25) is 5.16 Å². The molecule has 3 aromatic heterocycles. The second-order valence-electron chi connectivity index (χ2n) is 4.98. The first kappa shape index (κ1) is 14.7. The summed E-state index contributed by atoms with van der Waals surface area (Å²) in [5, 5.41) is 20.1. The maximum absolute atomic E-state index is 4.67. The van der Waals surface area contributed by atoms with E-state index in [0.29, 0.717) is 5.92 Å². The van der Waals surface area contributed by atoms with Gasteiger partial charge in [-0.3, -0.25) is 0 Å². The fourth-order valence-electron chi connectivity index (χ4n) is 1.79. The van der Waals surface area contributed by atoms with Crippen LogP contribution in [0.5, 0.6) is 0 Å². The number of hydrogen-bond donors (Lipinski definition) is 0. The van der Waals surface area contributed by atoms with Gasteiger partial charge in [-0.2, -0.15) is 11.3 Å². The Morgan fingerprint density at radius 1 is 1.33 bits per heavy atom. The topological polar surface area (TPSA) is 56.5 Å². The summed E-state index contributed by atoms with van der Waals surface area (Å²) in [7, 11) is 0. The van der Waals surface area contributed by atoms with Crippen molar-refractivity contribution in [3.05, 3.63) is 27.9 Å². The zero-order valence-electron chi connectivity index (χ0n) is 11.8. The molecule has 3 aromatic rings. The number of tetrazole rings is 1. The molecule has 0 radical (unpaired) electrons. The monoisotopic (exact) mass is 337 g/mol. The third kappa shape index (κ3) is 3.69. The molecule has 0 N–H and O–H groups in total. The quantitative estimate of drug-likeness (QED) is 0.640. The van der Waals surface area contributed by atoms with E-state index in [4.69, 9.17) is 0 Å². The van der Waals surface area contributed by atoms with Gasteiger partial charge in [-0.1, -0.05) is 25.6 Å². The lowest BCUT2D eigenvalue weighted by Gasteiger charge is -2.05. The average molecular weight is 337 g/mol. The van der Waals surface area contributed by atoms with E-state index in [1.807, 2.05) is 4.68 Å². The molecular weight excluding hydrogens is 322 g/mol. The number of aromatic nitrogens is 5. The zero-order chi connectivity index (χ0) is 14.7. The van der Waals surface area contributed by atoms with E-state index in [1.165, 1.54) is 5.56 Å². The third-order valence-corrected chi connectivity index (χ3v) is 5.32. The highest BCUT2D eigenvalue weighted by molar-refractivity contribution is 7.98. The molecule has 0 fully saturated rings. The Kier molecular flexibility index (Phi) is 4.67. The lowest BCUT2D eigenvalue weighted by atomic mass is 10.2. The van der Waals surface area contributed by atoms with Crippen molar-refractivity contribution in [1.29, 1.82) is 0 Å². The smallest absolute Gasteiger partial charge is 0.209 e. The number of thiazole rings is 1. The van der Waals surface area contributed by atoms with E-state index in [2.05, 4.69) is 56.6 Å². The van der Waals surface area contributed by atoms with Gasteiger partial charge in [0, 0.05) is 28.6 Å². The van der Waals surface area contributed by atoms with Crippen LogP contribution in [0.25, 0.3) is 10.6 Å². The molecule has 0 aliphatic carbocycles. The summed E-state index contributed by atoms with van der Waals surface area (Å²) in [6.45, 7) is 5.15. The minimum absolute atomic E-state index is 0.525. The van der Waals surface area contributed by atoms with Crippen LogP contribution in [0.4, 0.5) is 0 Å². The Bertz CT molecular complexity index is 686. The number of nitrogens with zero attached hydrogens (tertiary/aromatic N) is 5. The molecule has 0 amide bonds. The van der Waals surface area contributed by atoms with Crippen molar-refractivity contribution < 1.29 is 0 Å². The van der Waals surface area contributed by atoms with Crippen LogP contribution in [0.1, 0.15) is 19.5 Å². The second-order valence-corrected chi connectivity index (χ2v) is 7.56. The van der Waals surface area contributed by atoms with Crippen molar-refractivity contribution >= 4 is 34.4 Å². The van der Waals surface area contributed by atoms with Crippen LogP contribution in [0, 0.1) is 5.92 Å². The second kappa shape index (κ2) is 6.67. The Hall–Kier alpha value is -1.25. The normalized spacial score (nSPS) is 11.4. The molecule has 5 nitrogen and oxygen atoms in total. The predicted octanol–water partition coefficient (Wildman–Crippen LogP) is 3.81. The summed E-state index contributed by atoms with van der Waals surface area (Å²) in [4.78, 5) is 4.67. The maximum Gasteiger partial charge on any atom is 0.209 e. The first-order chi connectivity index (χ1) is 10.2. The van der Waals surface area contributed by atoms with Gasteiger partial charge >= 0.3 is 0 Å². The van der Waals surface area contributed by atoms with Gasteiger partial charge < -0.3 is 0 Å². The molecular formula is C13H15N5S3. The third-order valence-electron chi connectivity index (χ3n) is 2.71. The largest absolute Gasteiger partial charge is 0.240 e. The predicted molar refractivity (Wildman–Crippen MR) is 87.6 cm³/mol. The standard InChI is InChI=1S/C13H15N5S3/c1-9(2)5-18-13(15-16-17-18)21-8-11-7-20-12(14-11)10-3-4-19-6-10/h3-4,6-7,9H,5,8H2,1-2H3. The summed E-state index contributed by atoms with van der Waals surface area (Å²) in [6, 6.07) is 2.10. The number of rotatable bonds is 6. The minimum Gasteiger partial charge on any atom is -0.240 e. The minimum atomic E-state index is 0.525. The molecule has 0 aliphatic heterocycles. The molecule has 0 aromatic carbocycles. The summed E-state index contributed by atoms with van der Waals surface area (Å²) < 4.78 is 1.86. The van der Waals surface area contributed by atoms with Crippen molar-refractivity contribution in [2.45, 2.75) is 31.3 Å². The van der Waals surface area contributed by atoms with Crippen molar-refractivity contribution in [3.8, 4) is 10.6 Å². The lowest BCUT2D eigenvalue weighted by Crippen LogP contribution is -2.07. The molecule has 0 spiro atoms. The van der Waals surface area contributed by atoms with Gasteiger partial charge in [-0.15, -0.1) is 16.4 Å². The van der Waals surface area contributed by atoms with E-state index in [-0.39, 0.29) is 0 Å². The molecule has 3 heterocycles. The summed E-state index contributed by atoms with van der Waals surface area (Å²) in [5.74, 6) is 1.32. The Labute approximate surface area is 135 Å². The van der Waals surface area contributed by atoms with Gasteiger partial charge in [0.1, 0.15) is 5.01 Å². The van der Waals surface area contributed by atoms with Crippen LogP contribution in [0.2, 0.25) is 0 Å². The number of thiophene rings is 1. The van der Waals surface area contributed by atoms with Crippen LogP contribution in [0.3, 0.4) is 0 Å². The molecule has 0 atom stereocenters. The zero-order valence-corrected chi connectivity index (χ0v) is 14.2. The van der Waals surface area contributed by atoms with Crippen LogP contribution in [0.15, 0.2) is 27.4 Å². The van der Waals surface area contributed by atoms with E-state index in [0.717, 1.165) is 28.2 Å². The first-order valence-corrected chi connectivity index (χ1v) is 9.39. The fraction of sp³-hybridized carbons (Fsp3) is 0.385. The molecule has 0 aliphatic rings. The van der Waals surface area contributed by atoms with Gasteiger partial charge in [0.25, 0.3) is 0 Å². The van der Waals surface area contributed by atoms with E-state index in [1.54, 1.807) is 34.4 Å².